The molecule has 1 heterocycles. The lowest BCUT2D eigenvalue weighted by molar-refractivity contribution is -0.118. The molecule has 26 heavy (non-hydrogen) atoms. The fraction of sp³-hybridized carbons (Fsp3) is 0.381. The highest BCUT2D eigenvalue weighted by molar-refractivity contribution is 5.92. The molecule has 2 aromatic carbocycles. The first kappa shape index (κ1) is 18.4. The van der Waals surface area contributed by atoms with Gasteiger partial charge in [-0.15, -0.1) is 0 Å². The van der Waals surface area contributed by atoms with Crippen molar-refractivity contribution in [2.75, 3.05) is 38.6 Å². The molecule has 3 rings (SSSR count). The van der Waals surface area contributed by atoms with E-state index in [-0.39, 0.29) is 11.9 Å². The normalized spacial score (nSPS) is 17.7. The molecular weight excluding hydrogens is 326 g/mol. The minimum atomic E-state index is 0.0109. The molecule has 0 bridgehead atoms. The number of carbonyl (C=O) groups is 1. The van der Waals surface area contributed by atoms with Crippen molar-refractivity contribution in [3.63, 3.8) is 0 Å². The highest BCUT2D eigenvalue weighted by atomic mass is 16.5. The lowest BCUT2D eigenvalue weighted by Crippen LogP contribution is -2.48. The highest BCUT2D eigenvalue weighted by Crippen LogP contribution is 2.30. The summed E-state index contributed by atoms with van der Waals surface area (Å²) < 4.78 is 5.52. The van der Waals surface area contributed by atoms with Crippen LogP contribution in [0.2, 0.25) is 0 Å². The van der Waals surface area contributed by atoms with Gasteiger partial charge in [0.2, 0.25) is 5.91 Å². The topological polar surface area (TPSA) is 53.6 Å². The zero-order chi connectivity index (χ0) is 18.5. The molecule has 0 spiro atoms. The summed E-state index contributed by atoms with van der Waals surface area (Å²) in [4.78, 5) is 14.8. The van der Waals surface area contributed by atoms with E-state index < -0.39 is 0 Å². The lowest BCUT2D eigenvalue weighted by Gasteiger charge is -2.36. The van der Waals surface area contributed by atoms with Crippen LogP contribution in [0.15, 0.2) is 42.5 Å². The van der Waals surface area contributed by atoms with E-state index in [2.05, 4.69) is 27.7 Å². The van der Waals surface area contributed by atoms with Crippen molar-refractivity contribution in [1.82, 2.24) is 10.2 Å². The Kier molecular flexibility index (Phi) is 5.91. The molecule has 2 aromatic rings. The molecule has 1 unspecified atom stereocenters. The smallest absolute Gasteiger partial charge is 0.238 e. The number of methoxy groups -OCH3 is 1. The number of anilines is 1. The Bertz CT molecular complexity index is 755. The average Bonchev–Trinajstić information content (AvgIpc) is 2.61. The average molecular weight is 353 g/mol. The van der Waals surface area contributed by atoms with Crippen molar-refractivity contribution >= 4 is 11.6 Å². The van der Waals surface area contributed by atoms with Crippen LogP contribution in [0.5, 0.6) is 5.75 Å². The van der Waals surface area contributed by atoms with E-state index in [4.69, 9.17) is 4.74 Å². The number of aryl methyl sites for hydroxylation is 2. The second-order valence-corrected chi connectivity index (χ2v) is 6.86. The van der Waals surface area contributed by atoms with E-state index in [1.165, 1.54) is 0 Å². The van der Waals surface area contributed by atoms with Gasteiger partial charge >= 0.3 is 0 Å². The SMILES string of the molecule is COc1ccccc1C1CNCCN1CC(=O)Nc1cc(C)cc(C)c1. The Hall–Kier alpha value is -2.37. The largest absolute Gasteiger partial charge is 0.496 e. The Morgan fingerprint density at radius 1 is 1.23 bits per heavy atom. The van der Waals surface area contributed by atoms with Crippen LogP contribution < -0.4 is 15.4 Å². The maximum Gasteiger partial charge on any atom is 0.238 e. The minimum Gasteiger partial charge on any atom is -0.496 e. The van der Waals surface area contributed by atoms with Gasteiger partial charge in [0.25, 0.3) is 0 Å². The molecule has 0 aliphatic carbocycles. The Morgan fingerprint density at radius 2 is 1.96 bits per heavy atom. The van der Waals surface area contributed by atoms with Gasteiger partial charge in [0.1, 0.15) is 5.75 Å². The number of amides is 1. The molecule has 1 atom stereocenters. The van der Waals surface area contributed by atoms with Crippen LogP contribution in [-0.2, 0) is 4.79 Å². The zero-order valence-electron chi connectivity index (χ0n) is 15.7. The van der Waals surface area contributed by atoms with Gasteiger partial charge < -0.3 is 15.4 Å². The quantitative estimate of drug-likeness (QED) is 0.868. The van der Waals surface area contributed by atoms with Crippen LogP contribution in [0.1, 0.15) is 22.7 Å². The third-order valence-electron chi connectivity index (χ3n) is 4.70. The summed E-state index contributed by atoms with van der Waals surface area (Å²) in [6.07, 6.45) is 0. The number of carbonyl (C=O) groups excluding carboxylic acids is 1. The summed E-state index contributed by atoms with van der Waals surface area (Å²) in [5.74, 6) is 0.873. The van der Waals surface area contributed by atoms with E-state index in [0.717, 1.165) is 47.8 Å². The number of benzene rings is 2. The van der Waals surface area contributed by atoms with Gasteiger partial charge in [-0.2, -0.15) is 0 Å². The van der Waals surface area contributed by atoms with E-state index in [9.17, 15) is 4.79 Å². The summed E-state index contributed by atoms with van der Waals surface area (Å²) in [6.45, 7) is 6.94. The van der Waals surface area contributed by atoms with Crippen molar-refractivity contribution in [2.24, 2.45) is 0 Å². The number of hydrogen-bond acceptors (Lipinski definition) is 4. The number of ether oxygens (including phenoxy) is 1. The number of nitrogens with zero attached hydrogens (tertiary/aromatic N) is 1. The number of hydrogen-bond donors (Lipinski definition) is 2. The molecule has 1 fully saturated rings. The van der Waals surface area contributed by atoms with Gasteiger partial charge in [0.05, 0.1) is 19.7 Å². The molecule has 5 nitrogen and oxygen atoms in total. The van der Waals surface area contributed by atoms with Crippen LogP contribution in [0, 0.1) is 13.8 Å². The fourth-order valence-electron chi connectivity index (χ4n) is 3.62. The van der Waals surface area contributed by atoms with Crippen LogP contribution in [-0.4, -0.2) is 44.1 Å². The predicted molar refractivity (Wildman–Crippen MR) is 105 cm³/mol. The maximum atomic E-state index is 12.6. The van der Waals surface area contributed by atoms with Gasteiger partial charge in [-0.25, -0.2) is 0 Å². The van der Waals surface area contributed by atoms with Gasteiger partial charge in [-0.05, 0) is 43.2 Å². The molecule has 1 amide bonds. The monoisotopic (exact) mass is 353 g/mol. The first-order valence-corrected chi connectivity index (χ1v) is 9.02. The Morgan fingerprint density at radius 3 is 2.69 bits per heavy atom. The third kappa shape index (κ3) is 4.42. The standard InChI is InChI=1S/C21H27N3O2/c1-15-10-16(2)12-17(11-15)23-21(25)14-24-9-8-22-13-19(24)18-6-4-5-7-20(18)26-3/h4-7,10-12,19,22H,8-9,13-14H2,1-3H3,(H,23,25). The van der Waals surface area contributed by atoms with Crippen LogP contribution >= 0.6 is 0 Å². The molecule has 0 saturated carbocycles. The van der Waals surface area contributed by atoms with Crippen LogP contribution in [0.25, 0.3) is 0 Å². The second kappa shape index (κ2) is 8.34. The molecule has 0 aromatic heterocycles. The van der Waals surface area contributed by atoms with Gasteiger partial charge in [-0.3, -0.25) is 9.69 Å². The Labute approximate surface area is 155 Å². The first-order chi connectivity index (χ1) is 12.6. The van der Waals surface area contributed by atoms with Gasteiger partial charge in [-0.1, -0.05) is 24.3 Å². The predicted octanol–water partition coefficient (Wildman–Crippen LogP) is 2.90. The van der Waals surface area contributed by atoms with E-state index in [0.29, 0.717) is 6.54 Å². The number of nitrogens with one attached hydrogen (secondary N) is 2. The molecule has 138 valence electrons. The maximum absolute atomic E-state index is 12.6. The van der Waals surface area contributed by atoms with Crippen molar-refractivity contribution in [1.29, 1.82) is 0 Å². The van der Waals surface area contributed by atoms with Crippen molar-refractivity contribution in [3.05, 3.63) is 59.2 Å². The molecule has 2 N–H and O–H groups in total. The molecule has 1 aliphatic rings. The van der Waals surface area contributed by atoms with Crippen molar-refractivity contribution in [2.45, 2.75) is 19.9 Å². The molecule has 0 radical (unpaired) electrons. The van der Waals surface area contributed by atoms with E-state index in [1.54, 1.807) is 7.11 Å². The van der Waals surface area contributed by atoms with Crippen LogP contribution in [0.3, 0.4) is 0 Å². The first-order valence-electron chi connectivity index (χ1n) is 9.02. The van der Waals surface area contributed by atoms with Gasteiger partial charge in [0.15, 0.2) is 0 Å². The summed E-state index contributed by atoms with van der Waals surface area (Å²) in [5, 5.41) is 6.46. The van der Waals surface area contributed by atoms with Crippen LogP contribution in [0.4, 0.5) is 5.69 Å². The molecule has 5 heteroatoms. The second-order valence-electron chi connectivity index (χ2n) is 6.86. The van der Waals surface area contributed by atoms with E-state index >= 15 is 0 Å². The fourth-order valence-corrected chi connectivity index (χ4v) is 3.62. The summed E-state index contributed by atoms with van der Waals surface area (Å²) >= 11 is 0. The highest BCUT2D eigenvalue weighted by Gasteiger charge is 2.27. The summed E-state index contributed by atoms with van der Waals surface area (Å²) in [5.41, 5.74) is 4.27. The number of para-hydroxylation sites is 1. The van der Waals surface area contributed by atoms with Gasteiger partial charge in [0, 0.05) is 30.9 Å². The van der Waals surface area contributed by atoms with E-state index in [1.807, 2.05) is 44.2 Å². The van der Waals surface area contributed by atoms with Crippen molar-refractivity contribution in [3.8, 4) is 5.75 Å². The zero-order valence-corrected chi connectivity index (χ0v) is 15.7. The Balaban J connectivity index is 1.73. The summed E-state index contributed by atoms with van der Waals surface area (Å²) in [6, 6.07) is 14.2. The number of rotatable bonds is 5. The third-order valence-corrected chi connectivity index (χ3v) is 4.70. The number of piperazine rings is 1. The molecular formula is C21H27N3O2. The molecule has 1 aliphatic heterocycles. The minimum absolute atomic E-state index is 0.0109. The summed E-state index contributed by atoms with van der Waals surface area (Å²) in [7, 11) is 1.69. The van der Waals surface area contributed by atoms with Crippen molar-refractivity contribution < 1.29 is 9.53 Å². The lowest BCUT2D eigenvalue weighted by atomic mass is 10.0. The molecule has 1 saturated heterocycles.